The number of hydrogen-bond acceptors (Lipinski definition) is 9. The van der Waals surface area contributed by atoms with E-state index in [4.69, 9.17) is 34.3 Å². The van der Waals surface area contributed by atoms with Crippen molar-refractivity contribution in [2.45, 2.75) is 37.6 Å². The second-order valence-corrected chi connectivity index (χ2v) is 11.1. The van der Waals surface area contributed by atoms with Gasteiger partial charge in [-0.2, -0.15) is 22.7 Å². The Balaban J connectivity index is 1.46. The molecule has 224 valence electrons. The number of thiophene rings is 1. The summed E-state index contributed by atoms with van der Waals surface area (Å²) in [6.45, 7) is 0.238. The van der Waals surface area contributed by atoms with Crippen molar-refractivity contribution in [1.29, 1.82) is 0 Å². The largest absolute Gasteiger partial charge is 0.501 e. The number of hydrogen-bond donors (Lipinski definition) is 0. The molecule has 0 fully saturated rings. The highest BCUT2D eigenvalue weighted by Gasteiger charge is 2.34. The molecule has 1 aromatic carbocycles. The maximum atomic E-state index is 13.6. The van der Waals surface area contributed by atoms with E-state index in [1.54, 1.807) is 25.1 Å². The first kappa shape index (κ1) is 31.6. The van der Waals surface area contributed by atoms with Gasteiger partial charge in [0.05, 0.1) is 32.4 Å². The van der Waals surface area contributed by atoms with Gasteiger partial charge in [0.25, 0.3) is 6.01 Å². The van der Waals surface area contributed by atoms with Gasteiger partial charge in [0, 0.05) is 18.7 Å². The van der Waals surface area contributed by atoms with E-state index in [1.165, 1.54) is 41.9 Å². The second-order valence-electron chi connectivity index (χ2n) is 9.26. The number of esters is 1. The molecule has 5 aromatic rings. The summed E-state index contributed by atoms with van der Waals surface area (Å²) < 4.78 is 76.1. The molecule has 9 nitrogen and oxygen atoms in total. The van der Waals surface area contributed by atoms with Crippen molar-refractivity contribution >= 4 is 59.1 Å². The quantitative estimate of drug-likeness (QED) is 0.0992. The lowest BCUT2D eigenvalue weighted by atomic mass is 9.63. The Morgan fingerprint density at radius 3 is 2.64 bits per heavy atom. The summed E-state index contributed by atoms with van der Waals surface area (Å²) in [7, 11) is 12.3. The summed E-state index contributed by atoms with van der Waals surface area (Å²) in [6.07, 6.45) is -3.65. The van der Waals surface area contributed by atoms with Crippen molar-refractivity contribution in [2.24, 2.45) is 0 Å². The van der Waals surface area contributed by atoms with Crippen LogP contribution in [0, 0.1) is 6.01 Å². The minimum atomic E-state index is -4.59. The number of nitrogens with zero attached hydrogens (tertiary/aromatic N) is 4. The van der Waals surface area contributed by atoms with Crippen LogP contribution >= 0.6 is 27.3 Å². The zero-order valence-electron chi connectivity index (χ0n) is 22.7. The van der Waals surface area contributed by atoms with Gasteiger partial charge in [-0.15, -0.1) is 11.3 Å². The first-order valence-electron chi connectivity index (χ1n) is 12.8. The molecule has 0 bridgehead atoms. The van der Waals surface area contributed by atoms with Crippen LogP contribution in [0.4, 0.5) is 17.6 Å². The van der Waals surface area contributed by atoms with Gasteiger partial charge in [-0.05, 0) is 46.6 Å². The molecular formula is C27H19B2BrF4N4O5S. The van der Waals surface area contributed by atoms with Crippen LogP contribution in [0.1, 0.15) is 18.2 Å². The second kappa shape index (κ2) is 12.6. The fourth-order valence-corrected chi connectivity index (χ4v) is 6.18. The van der Waals surface area contributed by atoms with E-state index >= 15 is 0 Å². The highest BCUT2D eigenvalue weighted by Crippen LogP contribution is 2.45. The van der Waals surface area contributed by atoms with Crippen molar-refractivity contribution in [1.82, 2.24) is 19.7 Å². The number of fused-ring (bicyclic) bond motifs is 1. The van der Waals surface area contributed by atoms with Crippen LogP contribution in [-0.2, 0) is 27.9 Å². The van der Waals surface area contributed by atoms with Gasteiger partial charge >= 0.3 is 12.1 Å². The van der Waals surface area contributed by atoms with Crippen LogP contribution in [0.5, 0.6) is 11.6 Å². The molecule has 0 amide bonds. The van der Waals surface area contributed by atoms with Crippen molar-refractivity contribution < 1.29 is 41.0 Å². The zero-order valence-corrected chi connectivity index (χ0v) is 25.1. The molecule has 1 atom stereocenters. The molecule has 4 aromatic heterocycles. The molecular weight excluding hydrogens is 670 g/mol. The van der Waals surface area contributed by atoms with E-state index in [0.29, 0.717) is 29.8 Å². The molecule has 0 aliphatic rings. The summed E-state index contributed by atoms with van der Waals surface area (Å²) >= 11 is 4.67. The Hall–Kier alpha value is -3.85. The van der Waals surface area contributed by atoms with E-state index in [1.807, 2.05) is 0 Å². The smallest absolute Gasteiger partial charge is 0.408 e. The molecule has 0 saturated carbocycles. The topological polar surface area (TPSA) is 102 Å². The van der Waals surface area contributed by atoms with Crippen molar-refractivity contribution in [3.8, 4) is 22.3 Å². The van der Waals surface area contributed by atoms with Crippen molar-refractivity contribution in [3.05, 3.63) is 76.7 Å². The predicted molar refractivity (Wildman–Crippen MR) is 156 cm³/mol. The zero-order chi connectivity index (χ0) is 31.6. The van der Waals surface area contributed by atoms with Gasteiger partial charge in [-0.3, -0.25) is 4.68 Å². The Kier molecular flexibility index (Phi) is 9.07. The van der Waals surface area contributed by atoms with Gasteiger partial charge < -0.3 is 18.6 Å². The molecule has 0 aliphatic heterocycles. The minimum Gasteiger partial charge on any atom is -0.501 e. The summed E-state index contributed by atoms with van der Waals surface area (Å²) in [4.78, 5) is 22.6. The number of furan rings is 1. The molecule has 0 saturated heterocycles. The van der Waals surface area contributed by atoms with Gasteiger partial charge in [0.15, 0.2) is 0 Å². The third-order valence-corrected chi connectivity index (χ3v) is 8.27. The van der Waals surface area contributed by atoms with Gasteiger partial charge in [0.2, 0.25) is 12.0 Å². The maximum absolute atomic E-state index is 13.6. The van der Waals surface area contributed by atoms with Crippen LogP contribution in [0.3, 0.4) is 0 Å². The van der Waals surface area contributed by atoms with E-state index in [-0.39, 0.29) is 36.1 Å². The van der Waals surface area contributed by atoms with Crippen LogP contribution in [0.2, 0.25) is 0 Å². The lowest BCUT2D eigenvalue weighted by Gasteiger charge is -2.30. The monoisotopic (exact) mass is 688 g/mol. The van der Waals surface area contributed by atoms with Crippen molar-refractivity contribution in [3.63, 3.8) is 0 Å². The Bertz CT molecular complexity index is 1800. The Labute approximate surface area is 262 Å². The molecule has 4 heterocycles. The van der Waals surface area contributed by atoms with Crippen LogP contribution in [-0.4, -0.2) is 60.3 Å². The average Bonchev–Trinajstić information content (AvgIpc) is 3.68. The van der Waals surface area contributed by atoms with E-state index in [0.717, 1.165) is 6.20 Å². The van der Waals surface area contributed by atoms with Crippen LogP contribution < -0.4 is 9.47 Å². The number of ether oxygens (including phenoxy) is 3. The lowest BCUT2D eigenvalue weighted by molar-refractivity contribution is -0.151. The number of aromatic nitrogens is 4. The molecule has 0 aliphatic carbocycles. The van der Waals surface area contributed by atoms with E-state index in [9.17, 15) is 22.4 Å². The van der Waals surface area contributed by atoms with E-state index < -0.39 is 36.2 Å². The summed E-state index contributed by atoms with van der Waals surface area (Å²) in [5.41, 5.74) is 0.134. The Morgan fingerprint density at radius 2 is 1.93 bits per heavy atom. The number of para-hydroxylation sites is 1. The Morgan fingerprint density at radius 1 is 1.16 bits per heavy atom. The molecule has 44 heavy (non-hydrogen) atoms. The van der Waals surface area contributed by atoms with E-state index in [2.05, 4.69) is 31.0 Å². The highest BCUT2D eigenvalue weighted by molar-refractivity contribution is 9.10. The highest BCUT2D eigenvalue weighted by atomic mass is 79.9. The summed E-state index contributed by atoms with van der Waals surface area (Å²) in [6, 6.07) is 9.42. The standard InChI is InChI=1S/C27H19B2BrF4N4O5S/c1-2-40-25(39)17(42-23-20-21(30)22(16-7-8-19(31)41-16)44-24(20)36-13-35-23)11-14-5-3-4-6-15(14)43-27(28,29)18-9-10-37-38(18)12-26(32,33)34/h3-10,13,17H,2,11-12H2,1H3/t17-/m1/s1. The number of carbonyl (C=O) groups is 1. The number of benzene rings is 1. The van der Waals surface area contributed by atoms with Crippen molar-refractivity contribution in [2.75, 3.05) is 6.61 Å². The molecule has 0 N–H and O–H groups in total. The number of rotatable bonds is 11. The lowest BCUT2D eigenvalue weighted by Crippen LogP contribution is -2.38. The van der Waals surface area contributed by atoms with Gasteiger partial charge in [0.1, 0.15) is 44.9 Å². The molecule has 0 unspecified atom stereocenters. The molecule has 5 rings (SSSR count). The fourth-order valence-electron chi connectivity index (χ4n) is 4.27. The SMILES string of the molecule is [B]C([B])(Oc1ccccc1C[C@@H](Oc1ncnc2sc(-c3ccc(F)o3)c(Br)c12)C(=O)OCC)c1ccnn1CC(F)(F)F. The fraction of sp³-hybridized carbons (Fsp3) is 0.259. The third kappa shape index (κ3) is 6.93. The number of halogens is 5. The van der Waals surface area contributed by atoms with Crippen LogP contribution in [0.15, 0.2) is 63.9 Å². The number of alkyl halides is 3. The molecule has 0 spiro atoms. The number of carbonyl (C=O) groups excluding carboxylic acids is 1. The normalized spacial score (nSPS) is 12.8. The molecule has 4 radical (unpaired) electrons. The van der Waals surface area contributed by atoms with Gasteiger partial charge in [-0.25, -0.2) is 14.8 Å². The summed E-state index contributed by atoms with van der Waals surface area (Å²) in [5, 5.41) is 1.83. The van der Waals surface area contributed by atoms with Crippen LogP contribution in [0.25, 0.3) is 20.9 Å². The first-order valence-corrected chi connectivity index (χ1v) is 14.4. The summed E-state index contributed by atoms with van der Waals surface area (Å²) in [5.74, 6) is -0.388. The maximum Gasteiger partial charge on any atom is 0.408 e. The first-order chi connectivity index (χ1) is 20.9. The average molecular weight is 689 g/mol. The van der Waals surface area contributed by atoms with Gasteiger partial charge in [-0.1, -0.05) is 18.2 Å². The predicted octanol–water partition coefficient (Wildman–Crippen LogP) is 5.69. The minimum absolute atomic E-state index is 0.0240. The molecule has 17 heteroatoms. The third-order valence-electron chi connectivity index (χ3n) is 6.10.